The molecular weight excluding hydrogens is 160 g/mol. The highest BCUT2D eigenvalue weighted by Gasteiger charge is 2.23. The van der Waals surface area contributed by atoms with Crippen LogP contribution >= 0.6 is 0 Å². The largest absolute Gasteiger partial charge is 0.399 e. The van der Waals surface area contributed by atoms with Crippen molar-refractivity contribution >= 4 is 5.69 Å². The Hall–Kier alpha value is -1.02. The average Bonchev–Trinajstić information content (AvgIpc) is 2.05. The lowest BCUT2D eigenvalue weighted by Crippen LogP contribution is -2.44. The van der Waals surface area contributed by atoms with Crippen molar-refractivity contribution in [2.45, 2.75) is 32.4 Å². The van der Waals surface area contributed by atoms with Gasteiger partial charge in [-0.15, -0.1) is 0 Å². The number of anilines is 1. The molecule has 1 aliphatic heterocycles. The van der Waals surface area contributed by atoms with Crippen LogP contribution in [0.25, 0.3) is 0 Å². The summed E-state index contributed by atoms with van der Waals surface area (Å²) in [5.41, 5.74) is 9.58. The van der Waals surface area contributed by atoms with Crippen molar-refractivity contribution in [1.82, 2.24) is 5.32 Å². The van der Waals surface area contributed by atoms with Crippen molar-refractivity contribution in [2.75, 3.05) is 5.73 Å². The smallest absolute Gasteiger partial charge is 0.0317 e. The van der Waals surface area contributed by atoms with Crippen LogP contribution in [0.3, 0.4) is 0 Å². The third-order valence-electron chi connectivity index (χ3n) is 2.62. The zero-order valence-corrected chi connectivity index (χ0v) is 8.22. The van der Waals surface area contributed by atoms with Crippen molar-refractivity contribution in [1.29, 1.82) is 0 Å². The summed E-state index contributed by atoms with van der Waals surface area (Å²) >= 11 is 0. The first-order valence-corrected chi connectivity index (χ1v) is 4.69. The second-order valence-electron chi connectivity index (χ2n) is 4.44. The van der Waals surface area contributed by atoms with Crippen LogP contribution < -0.4 is 11.1 Å². The lowest BCUT2D eigenvalue weighted by atomic mass is 9.87. The number of benzene rings is 1. The van der Waals surface area contributed by atoms with Crippen LogP contribution in [0.15, 0.2) is 18.2 Å². The van der Waals surface area contributed by atoms with Gasteiger partial charge in [-0.25, -0.2) is 0 Å². The molecule has 0 saturated heterocycles. The van der Waals surface area contributed by atoms with Gasteiger partial charge in [0.2, 0.25) is 0 Å². The van der Waals surface area contributed by atoms with E-state index in [-0.39, 0.29) is 5.54 Å². The standard InChI is InChI=1S/C11H16N2/c1-11(2)6-8-3-4-10(12)5-9(8)7-13-11/h3-5,13H,6-7,12H2,1-2H3. The highest BCUT2D eigenvalue weighted by Crippen LogP contribution is 2.24. The summed E-state index contributed by atoms with van der Waals surface area (Å²) in [6.45, 7) is 5.39. The van der Waals surface area contributed by atoms with Crippen LogP contribution in [-0.2, 0) is 13.0 Å². The van der Waals surface area contributed by atoms with E-state index in [4.69, 9.17) is 5.73 Å². The van der Waals surface area contributed by atoms with Crippen LogP contribution in [0.1, 0.15) is 25.0 Å². The summed E-state index contributed by atoms with van der Waals surface area (Å²) in [5, 5.41) is 3.49. The van der Waals surface area contributed by atoms with E-state index < -0.39 is 0 Å². The molecule has 0 saturated carbocycles. The highest BCUT2D eigenvalue weighted by atomic mass is 15.0. The Labute approximate surface area is 79.1 Å². The van der Waals surface area contributed by atoms with Gasteiger partial charge in [-0.2, -0.15) is 0 Å². The monoisotopic (exact) mass is 176 g/mol. The average molecular weight is 176 g/mol. The molecule has 0 spiro atoms. The molecule has 1 aromatic carbocycles. The number of fused-ring (bicyclic) bond motifs is 1. The molecule has 1 heterocycles. The van der Waals surface area contributed by atoms with E-state index in [2.05, 4.69) is 31.3 Å². The predicted molar refractivity (Wildman–Crippen MR) is 55.5 cm³/mol. The molecule has 0 aliphatic carbocycles. The molecule has 1 aromatic rings. The van der Waals surface area contributed by atoms with Crippen molar-refractivity contribution < 1.29 is 0 Å². The summed E-state index contributed by atoms with van der Waals surface area (Å²) in [6, 6.07) is 6.20. The van der Waals surface area contributed by atoms with Gasteiger partial charge in [0.1, 0.15) is 0 Å². The van der Waals surface area contributed by atoms with Gasteiger partial charge in [-0.3, -0.25) is 0 Å². The van der Waals surface area contributed by atoms with Crippen molar-refractivity contribution in [3.05, 3.63) is 29.3 Å². The Balaban J connectivity index is 2.37. The zero-order valence-electron chi connectivity index (χ0n) is 8.22. The molecule has 0 atom stereocenters. The van der Waals surface area contributed by atoms with E-state index >= 15 is 0 Å². The minimum atomic E-state index is 0.225. The molecule has 2 rings (SSSR count). The van der Waals surface area contributed by atoms with Gasteiger partial charge in [-0.1, -0.05) is 6.07 Å². The normalized spacial score (nSPS) is 19.5. The van der Waals surface area contributed by atoms with Gasteiger partial charge in [0.15, 0.2) is 0 Å². The minimum absolute atomic E-state index is 0.225. The molecule has 70 valence electrons. The molecule has 0 bridgehead atoms. The number of nitrogen functional groups attached to an aromatic ring is 1. The SMILES string of the molecule is CC1(C)Cc2ccc(N)cc2CN1. The Morgan fingerprint density at radius 1 is 1.31 bits per heavy atom. The van der Waals surface area contributed by atoms with E-state index in [0.29, 0.717) is 0 Å². The Morgan fingerprint density at radius 3 is 2.85 bits per heavy atom. The summed E-state index contributed by atoms with van der Waals surface area (Å²) in [7, 11) is 0. The fraction of sp³-hybridized carbons (Fsp3) is 0.455. The molecule has 0 fully saturated rings. The maximum Gasteiger partial charge on any atom is 0.0317 e. The summed E-state index contributed by atoms with van der Waals surface area (Å²) in [5.74, 6) is 0. The number of hydrogen-bond donors (Lipinski definition) is 2. The van der Waals surface area contributed by atoms with Crippen molar-refractivity contribution in [2.24, 2.45) is 0 Å². The van der Waals surface area contributed by atoms with Gasteiger partial charge in [-0.05, 0) is 43.5 Å². The molecule has 2 nitrogen and oxygen atoms in total. The molecule has 13 heavy (non-hydrogen) atoms. The van der Waals surface area contributed by atoms with E-state index in [9.17, 15) is 0 Å². The van der Waals surface area contributed by atoms with E-state index in [1.54, 1.807) is 0 Å². The fourth-order valence-corrected chi connectivity index (χ4v) is 1.86. The van der Waals surface area contributed by atoms with Crippen LogP contribution in [0, 0.1) is 0 Å². The lowest BCUT2D eigenvalue weighted by Gasteiger charge is -2.32. The van der Waals surface area contributed by atoms with Crippen molar-refractivity contribution in [3.63, 3.8) is 0 Å². The summed E-state index contributed by atoms with van der Waals surface area (Å²) < 4.78 is 0. The first-order valence-electron chi connectivity index (χ1n) is 4.69. The van der Waals surface area contributed by atoms with Crippen LogP contribution in [0.5, 0.6) is 0 Å². The molecule has 0 unspecified atom stereocenters. The van der Waals surface area contributed by atoms with Crippen LogP contribution in [-0.4, -0.2) is 5.54 Å². The van der Waals surface area contributed by atoms with Gasteiger partial charge in [0.25, 0.3) is 0 Å². The maximum atomic E-state index is 5.72. The van der Waals surface area contributed by atoms with Gasteiger partial charge in [0.05, 0.1) is 0 Å². The van der Waals surface area contributed by atoms with E-state index in [1.807, 2.05) is 6.07 Å². The second-order valence-corrected chi connectivity index (χ2v) is 4.44. The second kappa shape index (κ2) is 2.74. The third kappa shape index (κ3) is 1.68. The quantitative estimate of drug-likeness (QED) is 0.590. The predicted octanol–water partition coefficient (Wildman–Crippen LogP) is 1.69. The molecule has 2 heteroatoms. The Bertz CT molecular complexity index is 329. The minimum Gasteiger partial charge on any atom is -0.399 e. The van der Waals surface area contributed by atoms with Gasteiger partial charge < -0.3 is 11.1 Å². The molecule has 1 aliphatic rings. The lowest BCUT2D eigenvalue weighted by molar-refractivity contribution is 0.363. The van der Waals surface area contributed by atoms with Crippen molar-refractivity contribution in [3.8, 4) is 0 Å². The van der Waals surface area contributed by atoms with E-state index in [0.717, 1.165) is 18.7 Å². The molecule has 0 aromatic heterocycles. The van der Waals surface area contributed by atoms with E-state index in [1.165, 1.54) is 11.1 Å². The van der Waals surface area contributed by atoms with Crippen LogP contribution in [0.4, 0.5) is 5.69 Å². The van der Waals surface area contributed by atoms with Gasteiger partial charge in [0, 0.05) is 17.8 Å². The highest BCUT2D eigenvalue weighted by molar-refractivity contribution is 5.46. The summed E-state index contributed by atoms with van der Waals surface area (Å²) in [6.07, 6.45) is 1.09. The first kappa shape index (κ1) is 8.57. The Morgan fingerprint density at radius 2 is 2.08 bits per heavy atom. The molecule has 0 amide bonds. The molecule has 0 radical (unpaired) electrons. The fourth-order valence-electron chi connectivity index (χ4n) is 1.86. The van der Waals surface area contributed by atoms with Gasteiger partial charge >= 0.3 is 0 Å². The first-order chi connectivity index (χ1) is 6.07. The number of nitrogens with two attached hydrogens (primary N) is 1. The van der Waals surface area contributed by atoms with Crippen LogP contribution in [0.2, 0.25) is 0 Å². The topological polar surface area (TPSA) is 38.0 Å². The summed E-state index contributed by atoms with van der Waals surface area (Å²) in [4.78, 5) is 0. The maximum absolute atomic E-state index is 5.72. The Kier molecular flexibility index (Phi) is 1.81. The molecular formula is C11H16N2. The molecule has 3 N–H and O–H groups in total. The number of rotatable bonds is 0. The third-order valence-corrected chi connectivity index (χ3v) is 2.62. The number of hydrogen-bond acceptors (Lipinski definition) is 2. The zero-order chi connectivity index (χ0) is 9.47. The number of nitrogens with one attached hydrogen (secondary N) is 1.